The molecule has 0 spiro atoms. The lowest BCUT2D eigenvalue weighted by molar-refractivity contribution is -0.245. The van der Waals surface area contributed by atoms with Gasteiger partial charge in [0.2, 0.25) is 5.16 Å². The van der Waals surface area contributed by atoms with Crippen LogP contribution in [0.2, 0.25) is 0 Å². The lowest BCUT2D eigenvalue weighted by Gasteiger charge is -2.36. The van der Waals surface area contributed by atoms with Crippen LogP contribution in [0.3, 0.4) is 0 Å². The number of thioether (sulfide) groups is 1. The van der Waals surface area contributed by atoms with Crippen molar-refractivity contribution in [1.82, 2.24) is 30.8 Å². The second-order valence-electron chi connectivity index (χ2n) is 13.2. The Morgan fingerprint density at radius 1 is 0.857 bits per heavy atom. The number of aromatic nitrogens is 4. The highest BCUT2D eigenvalue weighted by atomic mass is 32.2. The topological polar surface area (TPSA) is 150 Å². The smallest absolute Gasteiger partial charge is 0.328 e. The van der Waals surface area contributed by atoms with Crippen molar-refractivity contribution in [3.05, 3.63) is 161 Å². The van der Waals surface area contributed by atoms with Crippen LogP contribution in [0.15, 0.2) is 139 Å². The number of carbonyl (C=O) groups is 2. The number of para-hydroxylation sites is 1. The van der Waals surface area contributed by atoms with Crippen LogP contribution in [0.4, 0.5) is 4.79 Å². The zero-order valence-corrected chi connectivity index (χ0v) is 31.5. The third-order valence-corrected chi connectivity index (χ3v) is 10.5. The van der Waals surface area contributed by atoms with E-state index in [0.29, 0.717) is 23.8 Å². The van der Waals surface area contributed by atoms with Crippen molar-refractivity contribution >= 4 is 23.8 Å². The molecule has 12 nitrogen and oxygen atoms in total. The number of hydrogen-bond acceptors (Lipinski definition) is 10. The molecule has 5 aromatic carbocycles. The molecule has 4 atom stereocenters. The van der Waals surface area contributed by atoms with Gasteiger partial charge in [0, 0.05) is 30.7 Å². The number of aliphatic hydroxyl groups excluding tert-OH is 1. The van der Waals surface area contributed by atoms with Gasteiger partial charge < -0.3 is 30.0 Å². The first-order chi connectivity index (χ1) is 27.5. The average molecular weight is 771 g/mol. The van der Waals surface area contributed by atoms with Crippen molar-refractivity contribution in [3.63, 3.8) is 0 Å². The lowest BCUT2D eigenvalue weighted by atomic mass is 9.98. The summed E-state index contributed by atoms with van der Waals surface area (Å²) in [6.45, 7) is 0.206. The first-order valence-corrected chi connectivity index (χ1v) is 19.3. The summed E-state index contributed by atoms with van der Waals surface area (Å²) in [7, 11) is 1.31. The molecular formula is C43H42N6O6S. The molecule has 56 heavy (non-hydrogen) atoms. The van der Waals surface area contributed by atoms with Crippen molar-refractivity contribution in [1.29, 1.82) is 0 Å². The maximum atomic E-state index is 13.0. The van der Waals surface area contributed by atoms with Gasteiger partial charge in [-0.25, -0.2) is 9.59 Å². The molecule has 1 fully saturated rings. The predicted octanol–water partition coefficient (Wildman–Crippen LogP) is 6.74. The van der Waals surface area contributed by atoms with Crippen molar-refractivity contribution < 1.29 is 28.9 Å². The standard InChI is InChI=1S/C43H42N6O6S/c1-53-40(51)38(24-29-10-4-2-5-11-29)45-42(52)44-26-34-12-8-9-15-37(34)31-20-22-33(23-21-31)41-54-36(25-39(55-41)32-18-16-30(27-50)17-19-32)28-56-43-46-47-48-49(43)35-13-6-3-7-14-35/h2-23,36,38-39,41,50H,24-28H2,1H3,(H2,44,45,52). The van der Waals surface area contributed by atoms with Gasteiger partial charge in [-0.05, 0) is 55.9 Å². The molecular weight excluding hydrogens is 729 g/mol. The van der Waals surface area contributed by atoms with Gasteiger partial charge >= 0.3 is 12.0 Å². The van der Waals surface area contributed by atoms with Crippen LogP contribution in [0, 0.1) is 0 Å². The Balaban J connectivity index is 1.04. The fourth-order valence-corrected chi connectivity index (χ4v) is 7.44. The van der Waals surface area contributed by atoms with E-state index in [0.717, 1.165) is 44.6 Å². The van der Waals surface area contributed by atoms with Crippen LogP contribution in [0.25, 0.3) is 16.8 Å². The Morgan fingerprint density at radius 3 is 2.29 bits per heavy atom. The SMILES string of the molecule is COC(=O)C(Cc1ccccc1)NC(=O)NCc1ccccc1-c1ccc(C2OC(CSc3nnnn3-c3ccccc3)CC(c3ccc(CO)cc3)O2)cc1. The quantitative estimate of drug-likeness (QED) is 0.0803. The van der Waals surface area contributed by atoms with E-state index in [9.17, 15) is 14.7 Å². The summed E-state index contributed by atoms with van der Waals surface area (Å²) in [5.41, 5.74) is 7.28. The lowest BCUT2D eigenvalue weighted by Crippen LogP contribution is -2.47. The normalized spacial score (nSPS) is 17.1. The van der Waals surface area contributed by atoms with E-state index in [1.165, 1.54) is 18.9 Å². The maximum absolute atomic E-state index is 13.0. The van der Waals surface area contributed by atoms with Crippen molar-refractivity contribution in [2.24, 2.45) is 0 Å². The first kappa shape index (κ1) is 38.4. The molecule has 1 aliphatic heterocycles. The fourth-order valence-electron chi connectivity index (χ4n) is 6.54. The number of aliphatic hydroxyl groups is 1. The number of nitrogens with one attached hydrogen (secondary N) is 2. The summed E-state index contributed by atoms with van der Waals surface area (Å²) in [4.78, 5) is 25.5. The van der Waals surface area contributed by atoms with E-state index in [-0.39, 0.29) is 25.4 Å². The van der Waals surface area contributed by atoms with E-state index in [4.69, 9.17) is 14.2 Å². The summed E-state index contributed by atoms with van der Waals surface area (Å²) in [5.74, 6) is 0.0768. The number of methoxy groups -OCH3 is 1. The van der Waals surface area contributed by atoms with E-state index in [2.05, 4.69) is 26.2 Å². The Bertz CT molecular complexity index is 2190. The number of nitrogens with zero attached hydrogens (tertiary/aromatic N) is 4. The van der Waals surface area contributed by atoms with Crippen LogP contribution in [0.1, 0.15) is 46.6 Å². The zero-order valence-electron chi connectivity index (χ0n) is 30.7. The Hall–Kier alpha value is -5.86. The van der Waals surface area contributed by atoms with Gasteiger partial charge in [0.05, 0.1) is 31.6 Å². The third kappa shape index (κ3) is 9.68. The van der Waals surface area contributed by atoms with Crippen molar-refractivity contribution in [3.8, 4) is 16.8 Å². The van der Waals surface area contributed by atoms with Gasteiger partial charge in [0.15, 0.2) is 6.29 Å². The summed E-state index contributed by atoms with van der Waals surface area (Å²) in [6.07, 6.45) is -0.153. The highest BCUT2D eigenvalue weighted by molar-refractivity contribution is 7.99. The maximum Gasteiger partial charge on any atom is 0.328 e. The Morgan fingerprint density at radius 2 is 1.55 bits per heavy atom. The molecule has 1 aliphatic rings. The van der Waals surface area contributed by atoms with Gasteiger partial charge in [0.1, 0.15) is 6.04 Å². The fraction of sp³-hybridized carbons (Fsp3) is 0.233. The highest BCUT2D eigenvalue weighted by Gasteiger charge is 2.33. The molecule has 1 saturated heterocycles. The molecule has 3 N–H and O–H groups in total. The molecule has 0 saturated carbocycles. The number of ether oxygens (including phenoxy) is 3. The van der Waals surface area contributed by atoms with Crippen LogP contribution in [0.5, 0.6) is 0 Å². The number of benzene rings is 5. The predicted molar refractivity (Wildman–Crippen MR) is 211 cm³/mol. The zero-order chi connectivity index (χ0) is 38.7. The Kier molecular flexibility index (Phi) is 12.8. The number of carbonyl (C=O) groups excluding carboxylic acids is 2. The molecule has 0 radical (unpaired) electrons. The molecule has 7 rings (SSSR count). The van der Waals surface area contributed by atoms with Crippen LogP contribution in [-0.4, -0.2) is 62.3 Å². The molecule has 13 heteroatoms. The second-order valence-corrected chi connectivity index (χ2v) is 14.2. The average Bonchev–Trinajstić information content (AvgIpc) is 3.74. The third-order valence-electron chi connectivity index (χ3n) is 9.48. The second kappa shape index (κ2) is 18.7. The summed E-state index contributed by atoms with van der Waals surface area (Å²) < 4.78 is 19.9. The van der Waals surface area contributed by atoms with Gasteiger partial charge in [-0.3, -0.25) is 0 Å². The number of urea groups is 1. The number of hydrogen-bond donors (Lipinski definition) is 3. The summed E-state index contributed by atoms with van der Waals surface area (Å²) >= 11 is 1.53. The van der Waals surface area contributed by atoms with Gasteiger partial charge in [0.25, 0.3) is 0 Å². The van der Waals surface area contributed by atoms with Crippen LogP contribution < -0.4 is 10.6 Å². The Labute approximate surface area is 329 Å². The van der Waals surface area contributed by atoms with Crippen LogP contribution in [-0.2, 0) is 38.6 Å². The number of amides is 2. The molecule has 0 bridgehead atoms. The molecule has 6 aromatic rings. The first-order valence-electron chi connectivity index (χ1n) is 18.3. The van der Waals surface area contributed by atoms with E-state index < -0.39 is 24.3 Å². The number of tetrazole rings is 1. The monoisotopic (exact) mass is 770 g/mol. The van der Waals surface area contributed by atoms with E-state index in [1.807, 2.05) is 133 Å². The molecule has 0 aliphatic carbocycles. The van der Waals surface area contributed by atoms with Crippen molar-refractivity contribution in [2.75, 3.05) is 12.9 Å². The highest BCUT2D eigenvalue weighted by Crippen LogP contribution is 2.40. The molecule has 2 heterocycles. The minimum absolute atomic E-state index is 0.0315. The number of rotatable bonds is 14. The van der Waals surface area contributed by atoms with E-state index in [1.54, 1.807) is 4.68 Å². The van der Waals surface area contributed by atoms with Crippen LogP contribution >= 0.6 is 11.8 Å². The van der Waals surface area contributed by atoms with Crippen molar-refractivity contribution in [2.45, 2.75) is 55.7 Å². The minimum atomic E-state index is -0.835. The summed E-state index contributed by atoms with van der Waals surface area (Å²) in [6, 6.07) is 41.6. The van der Waals surface area contributed by atoms with Gasteiger partial charge in [-0.15, -0.1) is 5.10 Å². The molecule has 286 valence electrons. The minimum Gasteiger partial charge on any atom is -0.467 e. The van der Waals surface area contributed by atoms with E-state index >= 15 is 0 Å². The van der Waals surface area contributed by atoms with Gasteiger partial charge in [-0.2, -0.15) is 4.68 Å². The van der Waals surface area contributed by atoms with Gasteiger partial charge in [-0.1, -0.05) is 133 Å². The number of esters is 1. The molecule has 4 unspecified atom stereocenters. The summed E-state index contributed by atoms with van der Waals surface area (Å²) in [5, 5.41) is 28.3. The molecule has 1 aromatic heterocycles. The molecule has 2 amide bonds. The largest absolute Gasteiger partial charge is 0.467 e.